The molecule has 1 aliphatic carbocycles. The lowest BCUT2D eigenvalue weighted by Gasteiger charge is -2.34. The van der Waals surface area contributed by atoms with E-state index in [2.05, 4.69) is 10.2 Å². The number of carboxylic acids is 1. The molecule has 1 amide bonds. The topological polar surface area (TPSA) is 82.1 Å². The Morgan fingerprint density at radius 3 is 2.26 bits per heavy atom. The first-order valence-electron chi connectivity index (χ1n) is 15.1. The Bertz CT molecular complexity index is 1380. The Morgan fingerprint density at radius 1 is 0.978 bits per heavy atom. The molecule has 7 nitrogen and oxygen atoms in total. The van der Waals surface area contributed by atoms with Gasteiger partial charge in [0.15, 0.2) is 0 Å². The van der Waals surface area contributed by atoms with E-state index in [0.29, 0.717) is 94.0 Å². The first kappa shape index (κ1) is 35.6. The lowest BCUT2D eigenvalue weighted by atomic mass is 9.86. The molecule has 2 aromatic rings. The van der Waals surface area contributed by atoms with E-state index in [-0.39, 0.29) is 6.04 Å². The summed E-state index contributed by atoms with van der Waals surface area (Å²) in [6.45, 7) is 5.46. The Balaban J connectivity index is 1.52. The number of nitrogens with one attached hydrogen (secondary N) is 1. The number of amides is 1. The van der Waals surface area contributed by atoms with E-state index in [1.54, 1.807) is 18.2 Å². The number of anilines is 1. The Kier molecular flexibility index (Phi) is 12.1. The van der Waals surface area contributed by atoms with Gasteiger partial charge in [0.2, 0.25) is 5.91 Å². The molecule has 252 valence electrons. The summed E-state index contributed by atoms with van der Waals surface area (Å²) in [5.41, 5.74) is -3.84. The van der Waals surface area contributed by atoms with Crippen LogP contribution in [0.3, 0.4) is 0 Å². The molecule has 1 heterocycles. The highest BCUT2D eigenvalue weighted by molar-refractivity contribution is 7.99. The fourth-order valence-electron chi connectivity index (χ4n) is 5.70. The first-order valence-corrected chi connectivity index (χ1v) is 15.9. The van der Waals surface area contributed by atoms with Gasteiger partial charge in [-0.2, -0.15) is 26.3 Å². The van der Waals surface area contributed by atoms with E-state index < -0.39 is 51.7 Å². The number of carbonyl (C=O) groups is 2. The SMILES string of the molecule is CCOCCN1CCN(C(=O)/C=C/c2ccc(Sc3cccc(N[C@H]4CC[C@@H](C(=O)O)CC4)c3)c(C(F)(F)F)c2C(F)(F)F)CC1. The second-order valence-electron chi connectivity index (χ2n) is 11.3. The summed E-state index contributed by atoms with van der Waals surface area (Å²) < 4.78 is 91.3. The number of alkyl halides is 6. The quantitative estimate of drug-likeness (QED) is 0.149. The molecule has 0 unspecified atom stereocenters. The normalized spacial score (nSPS) is 19.8. The highest BCUT2D eigenvalue weighted by Gasteiger charge is 2.46. The van der Waals surface area contributed by atoms with Gasteiger partial charge in [0.05, 0.1) is 23.7 Å². The average molecular weight is 674 g/mol. The third-order valence-corrected chi connectivity index (χ3v) is 9.17. The van der Waals surface area contributed by atoms with Gasteiger partial charge in [0, 0.05) is 66.9 Å². The molecule has 1 saturated heterocycles. The van der Waals surface area contributed by atoms with Crippen LogP contribution in [-0.2, 0) is 26.7 Å². The van der Waals surface area contributed by atoms with E-state index in [1.807, 2.05) is 6.92 Å². The molecule has 0 radical (unpaired) electrons. The van der Waals surface area contributed by atoms with Gasteiger partial charge in [-0.05, 0) is 68.5 Å². The predicted octanol–water partition coefficient (Wildman–Crippen LogP) is 7.12. The second-order valence-corrected chi connectivity index (χ2v) is 12.4. The molecule has 2 fully saturated rings. The Hall–Kier alpha value is -3.23. The number of nitrogens with zero attached hydrogens (tertiary/aromatic N) is 2. The van der Waals surface area contributed by atoms with Crippen LogP contribution in [0.2, 0.25) is 0 Å². The smallest absolute Gasteiger partial charge is 0.418 e. The zero-order valence-corrected chi connectivity index (χ0v) is 26.1. The summed E-state index contributed by atoms with van der Waals surface area (Å²) in [6.07, 6.45) is -6.80. The lowest BCUT2D eigenvalue weighted by molar-refractivity contribution is -0.163. The minimum absolute atomic E-state index is 0.0310. The minimum Gasteiger partial charge on any atom is -0.481 e. The second kappa shape index (κ2) is 15.6. The average Bonchev–Trinajstić information content (AvgIpc) is 3.00. The summed E-state index contributed by atoms with van der Waals surface area (Å²) in [6, 6.07) is 8.28. The number of hydrogen-bond donors (Lipinski definition) is 2. The number of carbonyl (C=O) groups excluding carboxylic acids is 1. The maximum atomic E-state index is 14.4. The number of benzene rings is 2. The van der Waals surface area contributed by atoms with Crippen LogP contribution in [0.4, 0.5) is 32.0 Å². The molecule has 2 aromatic carbocycles. The van der Waals surface area contributed by atoms with E-state index >= 15 is 0 Å². The first-order chi connectivity index (χ1) is 21.8. The number of rotatable bonds is 11. The largest absolute Gasteiger partial charge is 0.481 e. The van der Waals surface area contributed by atoms with Gasteiger partial charge >= 0.3 is 18.3 Å². The van der Waals surface area contributed by atoms with Crippen molar-refractivity contribution in [3.63, 3.8) is 0 Å². The number of aliphatic carboxylic acids is 1. The van der Waals surface area contributed by atoms with Crippen LogP contribution >= 0.6 is 11.8 Å². The standard InChI is InChI=1S/C32H37F6N3O4S/c1-2-45-19-18-40-14-16-41(17-15-40)27(42)13-9-21-8-12-26(29(32(36,37)38)28(21)31(33,34)35)46-25-5-3-4-24(20-25)39-23-10-6-22(7-11-23)30(43)44/h3-5,8-9,12-13,20,22-23,39H,2,6-7,10-11,14-19H2,1H3,(H,43,44)/b13-9+/t22-,23+. The summed E-state index contributed by atoms with van der Waals surface area (Å²) in [4.78, 5) is 27.2. The van der Waals surface area contributed by atoms with Crippen LogP contribution in [0.5, 0.6) is 0 Å². The fourth-order valence-corrected chi connectivity index (χ4v) is 6.75. The Morgan fingerprint density at radius 2 is 1.65 bits per heavy atom. The molecule has 46 heavy (non-hydrogen) atoms. The number of halogens is 6. The molecule has 2 N–H and O–H groups in total. The highest BCUT2D eigenvalue weighted by Crippen LogP contribution is 2.48. The summed E-state index contributed by atoms with van der Waals surface area (Å²) in [7, 11) is 0. The monoisotopic (exact) mass is 673 g/mol. The van der Waals surface area contributed by atoms with E-state index in [1.165, 1.54) is 11.0 Å². The molecule has 1 aliphatic heterocycles. The van der Waals surface area contributed by atoms with Crippen molar-refractivity contribution in [1.29, 1.82) is 0 Å². The van der Waals surface area contributed by atoms with Crippen molar-refractivity contribution in [1.82, 2.24) is 9.80 Å². The van der Waals surface area contributed by atoms with Crippen LogP contribution in [0, 0.1) is 5.92 Å². The molecule has 0 spiro atoms. The summed E-state index contributed by atoms with van der Waals surface area (Å²) in [5.74, 6) is -1.83. The number of ether oxygens (including phenoxy) is 1. The van der Waals surface area contributed by atoms with Gasteiger partial charge in [0.25, 0.3) is 0 Å². The van der Waals surface area contributed by atoms with Crippen LogP contribution in [0.25, 0.3) is 6.08 Å². The van der Waals surface area contributed by atoms with Crippen molar-refractivity contribution in [2.24, 2.45) is 5.92 Å². The molecule has 14 heteroatoms. The van der Waals surface area contributed by atoms with E-state index in [9.17, 15) is 41.0 Å². The van der Waals surface area contributed by atoms with E-state index in [0.717, 1.165) is 24.3 Å². The maximum Gasteiger partial charge on any atom is 0.418 e. The molecule has 4 rings (SSSR count). The van der Waals surface area contributed by atoms with Crippen molar-refractivity contribution < 1.29 is 45.8 Å². The molecule has 0 aromatic heterocycles. The lowest BCUT2D eigenvalue weighted by Crippen LogP contribution is -2.49. The summed E-state index contributed by atoms with van der Waals surface area (Å²) >= 11 is 0.564. The van der Waals surface area contributed by atoms with Crippen LogP contribution in [0.15, 0.2) is 52.3 Å². The highest BCUT2D eigenvalue weighted by atomic mass is 32.2. The van der Waals surface area contributed by atoms with Gasteiger partial charge in [-0.15, -0.1) is 0 Å². The molecule has 1 saturated carbocycles. The third kappa shape index (κ3) is 9.64. The van der Waals surface area contributed by atoms with Crippen LogP contribution < -0.4 is 5.32 Å². The van der Waals surface area contributed by atoms with Crippen molar-refractivity contribution in [3.05, 3.63) is 59.2 Å². The van der Waals surface area contributed by atoms with Crippen molar-refractivity contribution in [3.8, 4) is 0 Å². The molecule has 0 bridgehead atoms. The van der Waals surface area contributed by atoms with Crippen LogP contribution in [0.1, 0.15) is 49.3 Å². The van der Waals surface area contributed by atoms with Gasteiger partial charge in [-0.3, -0.25) is 14.5 Å². The van der Waals surface area contributed by atoms with Crippen molar-refractivity contribution in [2.45, 2.75) is 60.8 Å². The van der Waals surface area contributed by atoms with E-state index in [4.69, 9.17) is 4.74 Å². The zero-order chi connectivity index (χ0) is 33.5. The molecule has 0 atom stereocenters. The maximum absolute atomic E-state index is 14.4. The van der Waals surface area contributed by atoms with Gasteiger partial charge in [-0.25, -0.2) is 0 Å². The van der Waals surface area contributed by atoms with Gasteiger partial charge in [-0.1, -0.05) is 23.9 Å². The molecule has 2 aliphatic rings. The fraction of sp³-hybridized carbons (Fsp3) is 0.500. The summed E-state index contributed by atoms with van der Waals surface area (Å²) in [5, 5.41) is 12.5. The predicted molar refractivity (Wildman–Crippen MR) is 163 cm³/mol. The Labute approximate surface area is 268 Å². The molecular formula is C32H37F6N3O4S. The van der Waals surface area contributed by atoms with Gasteiger partial charge in [0.1, 0.15) is 0 Å². The van der Waals surface area contributed by atoms with Crippen molar-refractivity contribution >= 4 is 35.4 Å². The van der Waals surface area contributed by atoms with Crippen molar-refractivity contribution in [2.75, 3.05) is 51.3 Å². The van der Waals surface area contributed by atoms with Gasteiger partial charge < -0.3 is 20.1 Å². The zero-order valence-electron chi connectivity index (χ0n) is 25.3. The number of piperazine rings is 1. The number of hydrogen-bond acceptors (Lipinski definition) is 6. The number of carboxylic acid groups (broad SMARTS) is 1. The van der Waals surface area contributed by atoms with Crippen LogP contribution in [-0.4, -0.2) is 78.8 Å². The third-order valence-electron chi connectivity index (χ3n) is 8.12. The molecular weight excluding hydrogens is 636 g/mol. The minimum atomic E-state index is -5.35.